The maximum atomic E-state index is 10.4. The van der Waals surface area contributed by atoms with Crippen LogP contribution in [-0.4, -0.2) is 21.3 Å². The maximum Gasteiger partial charge on any atom is 0.171 e. The molecule has 0 N–H and O–H groups in total. The van der Waals surface area contributed by atoms with Gasteiger partial charge in [-0.2, -0.15) is 9.90 Å². The van der Waals surface area contributed by atoms with Crippen LogP contribution in [0.15, 0.2) is 34.9 Å². The summed E-state index contributed by atoms with van der Waals surface area (Å²) in [4.78, 5) is 11.8. The van der Waals surface area contributed by atoms with Crippen LogP contribution in [-0.2, 0) is 0 Å². The van der Waals surface area contributed by atoms with Crippen LogP contribution in [0.5, 0.6) is 0 Å². The standard InChI is InChI=1S/C9H6BrN3O/c10-7-2-1-3-9(4-7)13-11-5-8(6-14)12-13/h1-6H. The summed E-state index contributed by atoms with van der Waals surface area (Å²) in [6, 6.07) is 7.52. The molecule has 1 aromatic carbocycles. The molecule has 14 heavy (non-hydrogen) atoms. The predicted octanol–water partition coefficient (Wildman–Crippen LogP) is 1.84. The van der Waals surface area contributed by atoms with E-state index in [1.807, 2.05) is 24.3 Å². The Morgan fingerprint density at radius 1 is 1.43 bits per heavy atom. The minimum absolute atomic E-state index is 0.324. The van der Waals surface area contributed by atoms with Gasteiger partial charge in [0.15, 0.2) is 6.29 Å². The number of carbonyl (C=O) groups excluding carboxylic acids is 1. The summed E-state index contributed by atoms with van der Waals surface area (Å²) < 4.78 is 0.944. The Kier molecular flexibility index (Phi) is 2.41. The van der Waals surface area contributed by atoms with Gasteiger partial charge in [0.1, 0.15) is 5.69 Å². The minimum atomic E-state index is 0.324. The Bertz CT molecular complexity index is 467. The van der Waals surface area contributed by atoms with Crippen molar-refractivity contribution in [1.82, 2.24) is 15.0 Å². The zero-order valence-corrected chi connectivity index (χ0v) is 8.68. The summed E-state index contributed by atoms with van der Waals surface area (Å²) in [5, 5.41) is 7.91. The van der Waals surface area contributed by atoms with Crippen molar-refractivity contribution in [3.05, 3.63) is 40.6 Å². The van der Waals surface area contributed by atoms with Crippen LogP contribution in [0.3, 0.4) is 0 Å². The van der Waals surface area contributed by atoms with Crippen molar-refractivity contribution >= 4 is 22.2 Å². The zero-order valence-electron chi connectivity index (χ0n) is 7.09. The van der Waals surface area contributed by atoms with Gasteiger partial charge in [0.05, 0.1) is 11.9 Å². The molecule has 0 amide bonds. The molecule has 0 aliphatic rings. The predicted molar refractivity (Wildman–Crippen MR) is 54.4 cm³/mol. The molecule has 0 unspecified atom stereocenters. The van der Waals surface area contributed by atoms with Crippen LogP contribution in [0.25, 0.3) is 5.69 Å². The van der Waals surface area contributed by atoms with Crippen LogP contribution in [0.4, 0.5) is 0 Å². The van der Waals surface area contributed by atoms with Gasteiger partial charge in [0.25, 0.3) is 0 Å². The second kappa shape index (κ2) is 3.71. The van der Waals surface area contributed by atoms with Crippen molar-refractivity contribution in [2.24, 2.45) is 0 Å². The van der Waals surface area contributed by atoms with Gasteiger partial charge in [-0.05, 0) is 18.2 Å². The molecule has 0 fully saturated rings. The molecule has 0 bridgehead atoms. The minimum Gasteiger partial charge on any atom is -0.296 e. The van der Waals surface area contributed by atoms with Crippen molar-refractivity contribution in [2.45, 2.75) is 0 Å². The van der Waals surface area contributed by atoms with E-state index in [9.17, 15) is 4.79 Å². The van der Waals surface area contributed by atoms with Crippen molar-refractivity contribution in [2.75, 3.05) is 0 Å². The molecule has 0 atom stereocenters. The van der Waals surface area contributed by atoms with Gasteiger partial charge in [0.2, 0.25) is 0 Å². The van der Waals surface area contributed by atoms with Crippen LogP contribution >= 0.6 is 15.9 Å². The number of nitrogens with zero attached hydrogens (tertiary/aromatic N) is 3. The number of benzene rings is 1. The summed E-state index contributed by atoms with van der Waals surface area (Å²) in [5.41, 5.74) is 1.14. The van der Waals surface area contributed by atoms with E-state index >= 15 is 0 Å². The lowest BCUT2D eigenvalue weighted by Gasteiger charge is -1.98. The second-order valence-electron chi connectivity index (χ2n) is 2.66. The maximum absolute atomic E-state index is 10.4. The highest BCUT2D eigenvalue weighted by Crippen LogP contribution is 2.13. The van der Waals surface area contributed by atoms with E-state index in [0.717, 1.165) is 10.2 Å². The van der Waals surface area contributed by atoms with Gasteiger partial charge in [-0.1, -0.05) is 22.0 Å². The highest BCUT2D eigenvalue weighted by molar-refractivity contribution is 9.10. The fourth-order valence-electron chi connectivity index (χ4n) is 1.05. The molecule has 70 valence electrons. The second-order valence-corrected chi connectivity index (χ2v) is 3.57. The van der Waals surface area contributed by atoms with E-state index in [4.69, 9.17) is 0 Å². The quantitative estimate of drug-likeness (QED) is 0.766. The first-order chi connectivity index (χ1) is 6.79. The molecular formula is C9H6BrN3O. The van der Waals surface area contributed by atoms with E-state index < -0.39 is 0 Å². The first kappa shape index (κ1) is 9.08. The number of carbonyl (C=O) groups is 1. The third-order valence-electron chi connectivity index (χ3n) is 1.67. The Hall–Kier alpha value is -1.49. The van der Waals surface area contributed by atoms with E-state index in [-0.39, 0.29) is 0 Å². The SMILES string of the molecule is O=Cc1cnn(-c2cccc(Br)c2)n1. The molecule has 0 radical (unpaired) electrons. The molecule has 5 heteroatoms. The Morgan fingerprint density at radius 2 is 2.29 bits per heavy atom. The van der Waals surface area contributed by atoms with Crippen molar-refractivity contribution < 1.29 is 4.79 Å². The van der Waals surface area contributed by atoms with E-state index in [1.54, 1.807) is 0 Å². The number of aldehydes is 1. The highest BCUT2D eigenvalue weighted by atomic mass is 79.9. The van der Waals surface area contributed by atoms with Gasteiger partial charge in [0, 0.05) is 4.47 Å². The molecule has 2 rings (SSSR count). The lowest BCUT2D eigenvalue weighted by atomic mass is 10.3. The summed E-state index contributed by atoms with van der Waals surface area (Å²) in [6.45, 7) is 0. The normalized spacial score (nSPS) is 10.1. The van der Waals surface area contributed by atoms with Gasteiger partial charge < -0.3 is 0 Å². The first-order valence-corrected chi connectivity index (χ1v) is 4.72. The van der Waals surface area contributed by atoms with Crippen molar-refractivity contribution in [1.29, 1.82) is 0 Å². The van der Waals surface area contributed by atoms with Crippen LogP contribution in [0.2, 0.25) is 0 Å². The van der Waals surface area contributed by atoms with Crippen molar-refractivity contribution in [3.63, 3.8) is 0 Å². The summed E-state index contributed by atoms with van der Waals surface area (Å²) >= 11 is 3.34. The number of rotatable bonds is 2. The van der Waals surface area contributed by atoms with Gasteiger partial charge in [-0.25, -0.2) is 0 Å². The Morgan fingerprint density at radius 3 is 2.93 bits per heavy atom. The zero-order chi connectivity index (χ0) is 9.97. The van der Waals surface area contributed by atoms with Gasteiger partial charge in [-0.3, -0.25) is 4.79 Å². The molecule has 0 saturated carbocycles. The number of aromatic nitrogens is 3. The smallest absolute Gasteiger partial charge is 0.171 e. The molecule has 0 aliphatic carbocycles. The van der Waals surface area contributed by atoms with Crippen LogP contribution in [0, 0.1) is 0 Å². The van der Waals surface area contributed by atoms with Gasteiger partial charge in [-0.15, -0.1) is 5.10 Å². The lowest BCUT2D eigenvalue weighted by Crippen LogP contribution is -1.98. The van der Waals surface area contributed by atoms with Crippen LogP contribution in [0.1, 0.15) is 10.5 Å². The molecule has 1 aromatic heterocycles. The average Bonchev–Trinajstić information content (AvgIpc) is 2.66. The molecule has 4 nitrogen and oxygen atoms in total. The molecular weight excluding hydrogens is 246 g/mol. The number of hydrogen-bond donors (Lipinski definition) is 0. The average molecular weight is 252 g/mol. The van der Waals surface area contributed by atoms with Gasteiger partial charge >= 0.3 is 0 Å². The monoisotopic (exact) mass is 251 g/mol. The fraction of sp³-hybridized carbons (Fsp3) is 0. The van der Waals surface area contributed by atoms with Crippen molar-refractivity contribution in [3.8, 4) is 5.69 Å². The molecule has 0 spiro atoms. The Labute approximate surface area is 88.7 Å². The van der Waals surface area contributed by atoms with Crippen LogP contribution < -0.4 is 0 Å². The topological polar surface area (TPSA) is 47.8 Å². The molecule has 0 saturated heterocycles. The fourth-order valence-corrected chi connectivity index (χ4v) is 1.44. The largest absolute Gasteiger partial charge is 0.296 e. The lowest BCUT2D eigenvalue weighted by molar-refractivity contribution is 0.111. The summed E-state index contributed by atoms with van der Waals surface area (Å²) in [6.07, 6.45) is 2.09. The van der Waals surface area contributed by atoms with E-state index in [1.165, 1.54) is 11.0 Å². The molecule has 2 aromatic rings. The Balaban J connectivity index is 2.43. The first-order valence-electron chi connectivity index (χ1n) is 3.93. The summed E-state index contributed by atoms with van der Waals surface area (Å²) in [7, 11) is 0. The van der Waals surface area contributed by atoms with E-state index in [0.29, 0.717) is 12.0 Å². The molecule has 1 heterocycles. The van der Waals surface area contributed by atoms with E-state index in [2.05, 4.69) is 26.1 Å². The highest BCUT2D eigenvalue weighted by Gasteiger charge is 2.01. The third kappa shape index (κ3) is 1.72. The molecule has 0 aliphatic heterocycles. The number of hydrogen-bond acceptors (Lipinski definition) is 3. The summed E-state index contributed by atoms with van der Waals surface area (Å²) in [5.74, 6) is 0. The third-order valence-corrected chi connectivity index (χ3v) is 2.16. The number of halogens is 1.